The number of urea groups is 1. The second-order valence-electron chi connectivity index (χ2n) is 7.99. The topological polar surface area (TPSA) is 134 Å². The van der Waals surface area contributed by atoms with Gasteiger partial charge in [-0.3, -0.25) is 4.68 Å². The van der Waals surface area contributed by atoms with E-state index in [2.05, 4.69) is 21.2 Å². The zero-order valence-corrected chi connectivity index (χ0v) is 18.1. The summed E-state index contributed by atoms with van der Waals surface area (Å²) in [4.78, 5) is 12.6. The van der Waals surface area contributed by atoms with Gasteiger partial charge >= 0.3 is 13.1 Å². The van der Waals surface area contributed by atoms with Gasteiger partial charge in [-0.1, -0.05) is 12.1 Å². The van der Waals surface area contributed by atoms with E-state index in [1.165, 1.54) is 41.1 Å². The van der Waals surface area contributed by atoms with Crippen molar-refractivity contribution in [2.45, 2.75) is 57.0 Å². The zero-order valence-electron chi connectivity index (χ0n) is 17.3. The Bertz CT molecular complexity index is 1120. The molecule has 4 N–H and O–H groups in total. The van der Waals surface area contributed by atoms with Crippen molar-refractivity contribution in [1.29, 1.82) is 0 Å². The monoisotopic (exact) mass is 444 g/mol. The molecule has 0 atom stereocenters. The van der Waals surface area contributed by atoms with Gasteiger partial charge in [0.05, 0.1) is 6.54 Å². The molecule has 0 saturated heterocycles. The zero-order chi connectivity index (χ0) is 22.2. The number of benzene rings is 1. The van der Waals surface area contributed by atoms with Crippen LogP contribution in [-0.2, 0) is 42.3 Å². The lowest BCUT2D eigenvalue weighted by molar-refractivity contribution is 0.256. The van der Waals surface area contributed by atoms with Crippen molar-refractivity contribution in [3.8, 4) is 0 Å². The first-order valence-corrected chi connectivity index (χ1v) is 11.8. The lowest BCUT2D eigenvalue weighted by Crippen LogP contribution is -2.35. The van der Waals surface area contributed by atoms with Crippen LogP contribution in [0.5, 0.6) is 0 Å². The second kappa shape index (κ2) is 8.48. The Balaban J connectivity index is 1.48. The number of hydrogen-bond acceptors (Lipinski definition) is 6. The highest BCUT2D eigenvalue weighted by atomic mass is 32.2. The van der Waals surface area contributed by atoms with Gasteiger partial charge in [0.15, 0.2) is 5.03 Å². The summed E-state index contributed by atoms with van der Waals surface area (Å²) in [5.74, 6) is 0. The summed E-state index contributed by atoms with van der Waals surface area (Å²) >= 11 is 0. The number of amides is 2. The molecule has 2 aliphatic rings. The molecule has 164 valence electrons. The van der Waals surface area contributed by atoms with Crippen LogP contribution in [0.1, 0.15) is 42.0 Å². The second-order valence-corrected chi connectivity index (χ2v) is 9.62. The van der Waals surface area contributed by atoms with Crippen LogP contribution in [-0.4, -0.2) is 41.4 Å². The van der Waals surface area contributed by atoms with Crippen molar-refractivity contribution < 1.29 is 23.3 Å². The fourth-order valence-electron chi connectivity index (χ4n) is 4.21. The maximum absolute atomic E-state index is 12.6. The fraction of sp³-hybridized carbons (Fsp3) is 0.400. The van der Waals surface area contributed by atoms with E-state index in [4.69, 9.17) is 10.0 Å². The van der Waals surface area contributed by atoms with Crippen molar-refractivity contribution in [2.24, 2.45) is 0 Å². The summed E-state index contributed by atoms with van der Waals surface area (Å²) in [6, 6.07) is 2.72. The van der Waals surface area contributed by atoms with E-state index in [-0.39, 0.29) is 11.6 Å². The third-order valence-electron chi connectivity index (χ3n) is 5.84. The maximum Gasteiger partial charge on any atom is 0.483 e. The van der Waals surface area contributed by atoms with Crippen LogP contribution in [0.3, 0.4) is 0 Å². The minimum Gasteiger partial charge on any atom is -0.423 e. The molecule has 31 heavy (non-hydrogen) atoms. The standard InChI is InChI=1S/C20H25BN4O5S/c1-13(21(27)28)8-10-25-11-9-18(23-25)31(29,30)24-20(26)22-19-16-6-2-4-14(16)12-15-5-3-7-17(15)19/h8-9,11-12,27-28H,2-7,10H2,1H3,(H2,22,24,26)/b13-8-. The first-order valence-electron chi connectivity index (χ1n) is 10.3. The maximum atomic E-state index is 12.6. The molecule has 9 nitrogen and oxygen atoms in total. The van der Waals surface area contributed by atoms with Crippen molar-refractivity contribution in [3.63, 3.8) is 0 Å². The highest BCUT2D eigenvalue weighted by Crippen LogP contribution is 2.38. The number of fused-ring (bicyclic) bond motifs is 2. The molecule has 0 bridgehead atoms. The molecule has 1 heterocycles. The molecule has 1 aromatic carbocycles. The number of sulfonamides is 1. The number of nitrogens with zero attached hydrogens (tertiary/aromatic N) is 2. The van der Waals surface area contributed by atoms with Gasteiger partial charge in [-0.15, -0.1) is 0 Å². The molecule has 0 spiro atoms. The molecule has 11 heteroatoms. The van der Waals surface area contributed by atoms with Gasteiger partial charge < -0.3 is 15.4 Å². The third-order valence-corrected chi connectivity index (χ3v) is 7.06. The molecule has 1 aromatic heterocycles. The number of nitrogens with one attached hydrogen (secondary N) is 2. The summed E-state index contributed by atoms with van der Waals surface area (Å²) in [5, 5.41) is 24.6. The summed E-state index contributed by atoms with van der Waals surface area (Å²) in [6.45, 7) is 1.70. The molecule has 0 unspecified atom stereocenters. The molecule has 0 radical (unpaired) electrons. The van der Waals surface area contributed by atoms with Crippen LogP contribution in [0.15, 0.2) is 34.9 Å². The van der Waals surface area contributed by atoms with Gasteiger partial charge in [0.1, 0.15) is 0 Å². The van der Waals surface area contributed by atoms with Gasteiger partial charge in [0.2, 0.25) is 0 Å². The Morgan fingerprint density at radius 1 is 1.19 bits per heavy atom. The van der Waals surface area contributed by atoms with E-state index in [0.717, 1.165) is 55.3 Å². The number of allylic oxidation sites excluding steroid dienone is 2. The van der Waals surface area contributed by atoms with Crippen molar-refractivity contribution in [1.82, 2.24) is 14.5 Å². The molecule has 0 fully saturated rings. The molecule has 0 saturated carbocycles. The molecule has 2 aliphatic carbocycles. The summed E-state index contributed by atoms with van der Waals surface area (Å²) in [6.07, 6.45) is 8.75. The molecular formula is C20H25BN4O5S. The van der Waals surface area contributed by atoms with E-state index in [1.54, 1.807) is 0 Å². The fourth-order valence-corrected chi connectivity index (χ4v) is 5.06. The predicted molar refractivity (Wildman–Crippen MR) is 116 cm³/mol. The third kappa shape index (κ3) is 4.53. The minimum atomic E-state index is -4.16. The van der Waals surface area contributed by atoms with Crippen LogP contribution in [0.4, 0.5) is 10.5 Å². The van der Waals surface area contributed by atoms with Gasteiger partial charge in [0.25, 0.3) is 10.0 Å². The predicted octanol–water partition coefficient (Wildman–Crippen LogP) is 1.33. The van der Waals surface area contributed by atoms with Gasteiger partial charge in [-0.05, 0) is 79.2 Å². The minimum absolute atomic E-state index is 0.160. The largest absolute Gasteiger partial charge is 0.483 e. The van der Waals surface area contributed by atoms with Crippen LogP contribution >= 0.6 is 0 Å². The highest BCUT2D eigenvalue weighted by Gasteiger charge is 2.27. The quantitative estimate of drug-likeness (QED) is 0.497. The molecule has 2 amide bonds. The van der Waals surface area contributed by atoms with Gasteiger partial charge in [-0.25, -0.2) is 9.52 Å². The normalized spacial score (nSPS) is 15.5. The Morgan fingerprint density at radius 3 is 2.45 bits per heavy atom. The summed E-state index contributed by atoms with van der Waals surface area (Å²) in [7, 11) is -5.73. The van der Waals surface area contributed by atoms with Crippen molar-refractivity contribution in [2.75, 3.05) is 5.32 Å². The van der Waals surface area contributed by atoms with Gasteiger partial charge in [-0.2, -0.15) is 13.5 Å². The number of hydrogen-bond donors (Lipinski definition) is 4. The summed E-state index contributed by atoms with van der Waals surface area (Å²) in [5.41, 5.74) is 5.81. The SMILES string of the molecule is C/C(=C/Cn1ccc(S(=O)(=O)NC(=O)Nc2c3c(cc4c2CCC4)CCC3)n1)B(O)O. The lowest BCUT2D eigenvalue weighted by atomic mass is 9.80. The van der Waals surface area contributed by atoms with E-state index in [1.807, 2.05) is 0 Å². The average Bonchev–Trinajstić information content (AvgIpc) is 3.45. The smallest absolute Gasteiger partial charge is 0.423 e. The first-order chi connectivity index (χ1) is 14.7. The van der Waals surface area contributed by atoms with Gasteiger partial charge in [0, 0.05) is 11.9 Å². The highest BCUT2D eigenvalue weighted by molar-refractivity contribution is 7.90. The van der Waals surface area contributed by atoms with E-state index in [9.17, 15) is 13.2 Å². The van der Waals surface area contributed by atoms with Crippen molar-refractivity contribution >= 4 is 28.9 Å². The number of anilines is 1. The van der Waals surface area contributed by atoms with E-state index >= 15 is 0 Å². The Kier molecular flexibility index (Phi) is 5.91. The Morgan fingerprint density at radius 2 is 1.84 bits per heavy atom. The average molecular weight is 444 g/mol. The van der Waals surface area contributed by atoms with E-state index in [0.29, 0.717) is 5.47 Å². The number of carbonyl (C=O) groups excluding carboxylic acids is 1. The molecular weight excluding hydrogens is 419 g/mol. The van der Waals surface area contributed by atoms with Crippen molar-refractivity contribution in [3.05, 3.63) is 52.1 Å². The molecule has 0 aliphatic heterocycles. The Labute approximate surface area is 181 Å². The van der Waals surface area contributed by atoms with E-state index < -0.39 is 23.2 Å². The molecule has 2 aromatic rings. The first kappa shape index (κ1) is 21.6. The lowest BCUT2D eigenvalue weighted by Gasteiger charge is -2.16. The number of aromatic nitrogens is 2. The van der Waals surface area contributed by atoms with Crippen LogP contribution in [0.2, 0.25) is 0 Å². The number of carbonyl (C=O) groups is 1. The molecule has 4 rings (SSSR count). The van der Waals surface area contributed by atoms with Crippen LogP contribution in [0.25, 0.3) is 0 Å². The Hall–Kier alpha value is -2.63. The van der Waals surface area contributed by atoms with Crippen LogP contribution < -0.4 is 10.0 Å². The number of rotatable bonds is 6. The summed E-state index contributed by atoms with van der Waals surface area (Å²) < 4.78 is 28.6. The van der Waals surface area contributed by atoms with Crippen LogP contribution in [0, 0.1) is 0 Å². The number of aryl methyl sites for hydroxylation is 2.